The lowest BCUT2D eigenvalue weighted by Gasteiger charge is -2.24. The molecule has 7 heteroatoms. The van der Waals surface area contributed by atoms with Gasteiger partial charge in [-0.3, -0.25) is 4.79 Å². The number of carbonyl (C=O) groups excluding carboxylic acids is 1. The zero-order valence-corrected chi connectivity index (χ0v) is 17.0. The molecular weight excluding hydrogens is 362 g/mol. The largest absolute Gasteiger partial charge is 0.348 e. The molecule has 1 heterocycles. The number of hydrogen-bond acceptors (Lipinski definition) is 4. The van der Waals surface area contributed by atoms with Crippen molar-refractivity contribution >= 4 is 15.9 Å². The topological polar surface area (TPSA) is 69.7 Å². The minimum Gasteiger partial charge on any atom is -0.348 e. The van der Waals surface area contributed by atoms with Gasteiger partial charge in [-0.15, -0.1) is 0 Å². The average Bonchev–Trinajstić information content (AvgIpc) is 3.12. The van der Waals surface area contributed by atoms with Gasteiger partial charge in [-0.05, 0) is 63.9 Å². The van der Waals surface area contributed by atoms with E-state index in [4.69, 9.17) is 0 Å². The molecule has 1 atom stereocenters. The highest BCUT2D eigenvalue weighted by molar-refractivity contribution is 7.89. The lowest BCUT2D eigenvalue weighted by Crippen LogP contribution is -2.38. The Bertz CT molecular complexity index is 820. The second kappa shape index (κ2) is 8.54. The number of allylic oxidation sites excluding steroid dienone is 1. The van der Waals surface area contributed by atoms with Crippen molar-refractivity contribution in [3.8, 4) is 0 Å². The molecule has 3 rings (SSSR count). The minimum absolute atomic E-state index is 0.0317. The van der Waals surface area contributed by atoms with Crippen LogP contribution < -0.4 is 5.32 Å². The fourth-order valence-corrected chi connectivity index (χ4v) is 5.15. The summed E-state index contributed by atoms with van der Waals surface area (Å²) >= 11 is 0. The van der Waals surface area contributed by atoms with Crippen LogP contribution in [-0.2, 0) is 10.0 Å². The molecule has 0 aromatic heterocycles. The Morgan fingerprint density at radius 1 is 1.33 bits per heavy atom. The van der Waals surface area contributed by atoms with E-state index in [1.807, 2.05) is 7.05 Å². The number of carbonyl (C=O) groups is 1. The molecule has 1 aliphatic heterocycles. The van der Waals surface area contributed by atoms with Gasteiger partial charge in [-0.2, -0.15) is 4.31 Å². The van der Waals surface area contributed by atoms with Gasteiger partial charge in [0.05, 0.1) is 4.90 Å². The maximum atomic E-state index is 13.0. The number of likely N-dealkylation sites (tertiary alicyclic amines) is 1. The first-order valence-electron chi connectivity index (χ1n) is 9.60. The number of sulfonamides is 1. The Hall–Kier alpha value is -1.70. The molecule has 27 heavy (non-hydrogen) atoms. The highest BCUT2D eigenvalue weighted by Crippen LogP contribution is 2.22. The number of hydrogen-bond donors (Lipinski definition) is 1. The van der Waals surface area contributed by atoms with Crippen molar-refractivity contribution in [3.05, 3.63) is 41.5 Å². The average molecular weight is 392 g/mol. The summed E-state index contributed by atoms with van der Waals surface area (Å²) in [6.07, 6.45) is 7.48. The number of benzene rings is 1. The van der Waals surface area contributed by atoms with Gasteiger partial charge in [0.25, 0.3) is 5.91 Å². The monoisotopic (exact) mass is 391 g/mol. The van der Waals surface area contributed by atoms with E-state index in [9.17, 15) is 13.2 Å². The van der Waals surface area contributed by atoms with Crippen molar-refractivity contribution in [3.63, 3.8) is 0 Å². The van der Waals surface area contributed by atoms with Crippen LogP contribution in [0.1, 0.15) is 42.5 Å². The Balaban J connectivity index is 1.70. The Morgan fingerprint density at radius 3 is 2.81 bits per heavy atom. The highest BCUT2D eigenvalue weighted by Gasteiger charge is 2.32. The zero-order valence-electron chi connectivity index (χ0n) is 16.1. The van der Waals surface area contributed by atoms with E-state index in [1.165, 1.54) is 22.4 Å². The van der Waals surface area contributed by atoms with Crippen LogP contribution in [0.3, 0.4) is 0 Å². The summed E-state index contributed by atoms with van der Waals surface area (Å²) in [6, 6.07) is 6.30. The van der Waals surface area contributed by atoms with E-state index in [-0.39, 0.29) is 16.8 Å². The van der Waals surface area contributed by atoms with Crippen molar-refractivity contribution in [1.82, 2.24) is 14.5 Å². The Labute approximate surface area is 162 Å². The number of amides is 1. The molecule has 2 aliphatic rings. The first-order chi connectivity index (χ1) is 12.9. The van der Waals surface area contributed by atoms with E-state index < -0.39 is 10.0 Å². The van der Waals surface area contributed by atoms with Gasteiger partial charge < -0.3 is 10.2 Å². The van der Waals surface area contributed by atoms with Gasteiger partial charge in [0.2, 0.25) is 10.0 Å². The van der Waals surface area contributed by atoms with Crippen molar-refractivity contribution in [2.24, 2.45) is 0 Å². The fourth-order valence-electron chi connectivity index (χ4n) is 3.73. The summed E-state index contributed by atoms with van der Waals surface area (Å²) in [5.74, 6) is -0.234. The molecule has 0 spiro atoms. The minimum atomic E-state index is -3.62. The number of rotatable bonds is 6. The summed E-state index contributed by atoms with van der Waals surface area (Å²) in [4.78, 5) is 14.8. The summed E-state index contributed by atoms with van der Waals surface area (Å²) in [7, 11) is -0.00231. The molecule has 148 valence electrons. The van der Waals surface area contributed by atoms with Gasteiger partial charge in [0.15, 0.2) is 0 Å². The number of nitrogens with zero attached hydrogens (tertiary/aromatic N) is 2. The van der Waals surface area contributed by atoms with Gasteiger partial charge in [-0.1, -0.05) is 17.7 Å². The van der Waals surface area contributed by atoms with Crippen LogP contribution >= 0.6 is 0 Å². The van der Waals surface area contributed by atoms with Crippen molar-refractivity contribution in [1.29, 1.82) is 0 Å². The van der Waals surface area contributed by atoms with E-state index >= 15 is 0 Å². The second-order valence-electron chi connectivity index (χ2n) is 7.54. The second-order valence-corrected chi connectivity index (χ2v) is 9.54. The van der Waals surface area contributed by atoms with Crippen LogP contribution in [0.15, 0.2) is 40.8 Å². The van der Waals surface area contributed by atoms with E-state index in [2.05, 4.69) is 16.3 Å². The lowest BCUT2D eigenvalue weighted by atomic mass is 9.99. The van der Waals surface area contributed by atoms with E-state index in [0.29, 0.717) is 12.1 Å². The normalized spacial score (nSPS) is 21.3. The van der Waals surface area contributed by atoms with Crippen molar-refractivity contribution in [2.45, 2.75) is 43.0 Å². The molecule has 0 bridgehead atoms. The molecule has 1 amide bonds. The van der Waals surface area contributed by atoms with Gasteiger partial charge in [0, 0.05) is 31.7 Å². The lowest BCUT2D eigenvalue weighted by molar-refractivity contribution is 0.0956. The Kier molecular flexibility index (Phi) is 6.34. The summed E-state index contributed by atoms with van der Waals surface area (Å²) < 4.78 is 27.4. The quantitative estimate of drug-likeness (QED) is 0.755. The van der Waals surface area contributed by atoms with E-state index in [1.54, 1.807) is 25.2 Å². The summed E-state index contributed by atoms with van der Waals surface area (Å²) in [5, 5.41) is 2.92. The molecule has 0 radical (unpaired) electrons. The molecular formula is C20H29N3O3S. The Morgan fingerprint density at radius 2 is 2.15 bits per heavy atom. The molecule has 0 unspecified atom stereocenters. The third kappa shape index (κ3) is 4.78. The van der Waals surface area contributed by atoms with Gasteiger partial charge >= 0.3 is 0 Å². The summed E-state index contributed by atoms with van der Waals surface area (Å²) in [5.41, 5.74) is 1.63. The molecule has 6 nitrogen and oxygen atoms in total. The molecule has 1 N–H and O–H groups in total. The summed E-state index contributed by atoms with van der Waals surface area (Å²) in [6.45, 7) is 2.15. The van der Waals surface area contributed by atoms with Crippen LogP contribution in [0.25, 0.3) is 0 Å². The van der Waals surface area contributed by atoms with Crippen molar-refractivity contribution in [2.75, 3.05) is 33.7 Å². The van der Waals surface area contributed by atoms with E-state index in [0.717, 1.165) is 38.8 Å². The van der Waals surface area contributed by atoms with Crippen LogP contribution in [0.4, 0.5) is 0 Å². The molecule has 0 saturated carbocycles. The maximum absolute atomic E-state index is 13.0. The van der Waals surface area contributed by atoms with Crippen LogP contribution in [0.2, 0.25) is 0 Å². The predicted octanol–water partition coefficient (Wildman–Crippen LogP) is 2.24. The standard InChI is InChI=1S/C20H29N3O3S/c1-22-12-11-18(15-22)23(2)27(25,26)19-10-6-9-17(13-19)20(24)21-14-16-7-4-3-5-8-16/h6-7,9-10,13,18H,3-5,8,11-12,14-15H2,1-2H3,(H,21,24)/t18-/m1/s1. The smallest absolute Gasteiger partial charge is 0.251 e. The van der Waals surface area contributed by atoms with Crippen LogP contribution in [0, 0.1) is 0 Å². The fraction of sp³-hybridized carbons (Fsp3) is 0.550. The molecule has 1 saturated heterocycles. The number of likely N-dealkylation sites (N-methyl/N-ethyl adjacent to an activating group) is 2. The number of nitrogens with one attached hydrogen (secondary N) is 1. The third-order valence-corrected chi connectivity index (χ3v) is 7.42. The first-order valence-corrected chi connectivity index (χ1v) is 11.0. The SMILES string of the molecule is CN1CC[C@@H](N(C)S(=O)(=O)c2cccc(C(=O)NCC3=CCCCC3)c2)C1. The molecule has 1 fully saturated rings. The van der Waals surface area contributed by atoms with Crippen LogP contribution in [-0.4, -0.2) is 63.3 Å². The first kappa shape index (κ1) is 20.0. The van der Waals surface area contributed by atoms with Crippen molar-refractivity contribution < 1.29 is 13.2 Å². The maximum Gasteiger partial charge on any atom is 0.251 e. The van der Waals surface area contributed by atoms with Gasteiger partial charge in [0.1, 0.15) is 0 Å². The molecule has 1 aliphatic carbocycles. The molecule has 1 aromatic rings. The van der Waals surface area contributed by atoms with Gasteiger partial charge in [-0.25, -0.2) is 8.42 Å². The third-order valence-electron chi connectivity index (χ3n) is 5.51. The zero-order chi connectivity index (χ0) is 19.4. The predicted molar refractivity (Wildman–Crippen MR) is 106 cm³/mol. The molecule has 1 aromatic carbocycles. The highest BCUT2D eigenvalue weighted by atomic mass is 32.2. The van der Waals surface area contributed by atoms with Crippen LogP contribution in [0.5, 0.6) is 0 Å².